The Balaban J connectivity index is 1.50. The Hall–Kier alpha value is -2.88. The van der Waals surface area contributed by atoms with Crippen LogP contribution in [-0.4, -0.2) is 23.2 Å². The summed E-state index contributed by atoms with van der Waals surface area (Å²) in [5, 5.41) is 1.15. The van der Waals surface area contributed by atoms with E-state index in [2.05, 4.69) is 16.0 Å². The molecule has 0 aliphatic carbocycles. The van der Waals surface area contributed by atoms with Crippen molar-refractivity contribution in [3.05, 3.63) is 71.4 Å². The van der Waals surface area contributed by atoms with E-state index in [0.717, 1.165) is 27.7 Å². The number of benzene rings is 2. The van der Waals surface area contributed by atoms with Crippen molar-refractivity contribution in [2.75, 3.05) is 0 Å². The molecule has 1 aliphatic rings. The molecule has 4 rings (SSSR count). The van der Waals surface area contributed by atoms with Crippen molar-refractivity contribution in [3.8, 4) is 0 Å². The van der Waals surface area contributed by atoms with Crippen LogP contribution in [0.15, 0.2) is 59.6 Å². The van der Waals surface area contributed by atoms with Crippen LogP contribution in [0.5, 0.6) is 0 Å². The number of aromatic nitrogens is 1. The zero-order valence-corrected chi connectivity index (χ0v) is 12.5. The zero-order chi connectivity index (χ0) is 15.6. The summed E-state index contributed by atoms with van der Waals surface area (Å²) in [7, 11) is 0. The van der Waals surface area contributed by atoms with Gasteiger partial charge in [-0.1, -0.05) is 48.5 Å². The number of aliphatic imine (C=N–C) groups is 1. The molecule has 1 atom stereocenters. The molecule has 0 saturated carbocycles. The summed E-state index contributed by atoms with van der Waals surface area (Å²) < 4.78 is 5.41. The molecule has 0 spiro atoms. The van der Waals surface area contributed by atoms with Crippen LogP contribution in [0.4, 0.5) is 0 Å². The van der Waals surface area contributed by atoms with Gasteiger partial charge in [-0.25, -0.2) is 4.79 Å². The molecule has 0 saturated heterocycles. The number of hydrogen-bond donors (Lipinski definition) is 1. The molecule has 23 heavy (non-hydrogen) atoms. The molecule has 1 aromatic heterocycles. The third kappa shape index (κ3) is 2.63. The van der Waals surface area contributed by atoms with Gasteiger partial charge in [0.25, 0.3) is 0 Å². The van der Waals surface area contributed by atoms with Gasteiger partial charge in [0.2, 0.25) is 0 Å². The smallest absolute Gasteiger partial charge is 0.331 e. The van der Waals surface area contributed by atoms with Gasteiger partial charge in [-0.05, 0) is 17.2 Å². The summed E-state index contributed by atoms with van der Waals surface area (Å²) in [6.07, 6.45) is 2.32. The lowest BCUT2D eigenvalue weighted by molar-refractivity contribution is -0.146. The maximum Gasteiger partial charge on any atom is 0.331 e. The number of nitrogens with zero attached hydrogens (tertiary/aromatic N) is 1. The highest BCUT2D eigenvalue weighted by Crippen LogP contribution is 2.26. The monoisotopic (exact) mass is 304 g/mol. The molecule has 0 radical (unpaired) electrons. The van der Waals surface area contributed by atoms with Gasteiger partial charge in [-0.15, -0.1) is 0 Å². The summed E-state index contributed by atoms with van der Waals surface area (Å²) in [5.41, 5.74) is 4.17. The maximum absolute atomic E-state index is 12.3. The van der Waals surface area contributed by atoms with Crippen LogP contribution in [0.25, 0.3) is 10.9 Å². The molecule has 0 bridgehead atoms. The number of rotatable bonds is 3. The lowest BCUT2D eigenvalue weighted by atomic mass is 10.0. The van der Waals surface area contributed by atoms with Crippen molar-refractivity contribution in [1.82, 2.24) is 4.98 Å². The summed E-state index contributed by atoms with van der Waals surface area (Å²) in [6, 6.07) is 17.3. The van der Waals surface area contributed by atoms with Crippen LogP contribution >= 0.6 is 0 Å². The molecule has 1 N–H and O–H groups in total. The summed E-state index contributed by atoms with van der Waals surface area (Å²) >= 11 is 0. The fourth-order valence-corrected chi connectivity index (χ4v) is 2.93. The van der Waals surface area contributed by atoms with E-state index in [9.17, 15) is 4.79 Å². The lowest BCUT2D eigenvalue weighted by Crippen LogP contribution is -2.26. The number of fused-ring (bicyclic) bond motifs is 3. The molecular weight excluding hydrogens is 288 g/mol. The van der Waals surface area contributed by atoms with Crippen LogP contribution in [-0.2, 0) is 22.6 Å². The predicted octanol–water partition coefficient (Wildman–Crippen LogP) is 3.25. The lowest BCUT2D eigenvalue weighted by Gasteiger charge is -2.16. The van der Waals surface area contributed by atoms with Gasteiger partial charge in [-0.3, -0.25) is 4.99 Å². The van der Waals surface area contributed by atoms with Crippen molar-refractivity contribution in [2.24, 2.45) is 4.99 Å². The van der Waals surface area contributed by atoms with Crippen molar-refractivity contribution in [3.63, 3.8) is 0 Å². The van der Waals surface area contributed by atoms with Gasteiger partial charge in [0.1, 0.15) is 6.61 Å². The number of hydrogen-bond acceptors (Lipinski definition) is 3. The van der Waals surface area contributed by atoms with Crippen LogP contribution in [0.2, 0.25) is 0 Å². The molecule has 0 amide bonds. The number of carbonyl (C=O) groups is 1. The molecule has 2 aromatic carbocycles. The first-order valence-corrected chi connectivity index (χ1v) is 7.64. The van der Waals surface area contributed by atoms with Crippen molar-refractivity contribution < 1.29 is 9.53 Å². The third-order valence-corrected chi connectivity index (χ3v) is 4.12. The predicted molar refractivity (Wildman–Crippen MR) is 89.6 cm³/mol. The first kappa shape index (κ1) is 13.8. The van der Waals surface area contributed by atoms with Gasteiger partial charge in [-0.2, -0.15) is 0 Å². The number of para-hydroxylation sites is 1. The minimum absolute atomic E-state index is 0.277. The van der Waals surface area contributed by atoms with Crippen molar-refractivity contribution >= 4 is 23.1 Å². The van der Waals surface area contributed by atoms with E-state index >= 15 is 0 Å². The topological polar surface area (TPSA) is 54.5 Å². The molecule has 0 fully saturated rings. The normalized spacial score (nSPS) is 16.3. The Labute approximate surface area is 133 Å². The summed E-state index contributed by atoms with van der Waals surface area (Å²) in [5.74, 6) is -0.277. The molecule has 1 aliphatic heterocycles. The minimum Gasteiger partial charge on any atom is -0.459 e. The second-order valence-corrected chi connectivity index (χ2v) is 5.65. The fraction of sp³-hybridized carbons (Fsp3) is 0.158. The van der Waals surface area contributed by atoms with E-state index in [0.29, 0.717) is 6.42 Å². The maximum atomic E-state index is 12.3. The number of carbonyl (C=O) groups excluding carboxylic acids is 1. The largest absolute Gasteiger partial charge is 0.459 e. The Morgan fingerprint density at radius 1 is 1.13 bits per heavy atom. The van der Waals surface area contributed by atoms with Gasteiger partial charge < -0.3 is 9.72 Å². The van der Waals surface area contributed by atoms with E-state index in [4.69, 9.17) is 4.74 Å². The first-order valence-electron chi connectivity index (χ1n) is 7.64. The van der Waals surface area contributed by atoms with E-state index in [-0.39, 0.29) is 12.6 Å². The molecular formula is C19H16N2O2. The summed E-state index contributed by atoms with van der Waals surface area (Å²) in [6.45, 7) is 0.284. The highest BCUT2D eigenvalue weighted by atomic mass is 16.5. The molecule has 2 heterocycles. The van der Waals surface area contributed by atoms with Crippen LogP contribution in [0.1, 0.15) is 16.8 Å². The number of H-pyrrole nitrogens is 1. The fourth-order valence-electron chi connectivity index (χ4n) is 2.93. The van der Waals surface area contributed by atoms with Crippen LogP contribution < -0.4 is 0 Å². The molecule has 3 aromatic rings. The molecule has 114 valence electrons. The number of ether oxygens (including phenoxy) is 1. The van der Waals surface area contributed by atoms with Gasteiger partial charge in [0, 0.05) is 23.5 Å². The van der Waals surface area contributed by atoms with Gasteiger partial charge in [0.15, 0.2) is 6.04 Å². The van der Waals surface area contributed by atoms with Crippen molar-refractivity contribution in [2.45, 2.75) is 19.1 Å². The molecule has 0 unspecified atom stereocenters. The third-order valence-electron chi connectivity index (χ3n) is 4.12. The van der Waals surface area contributed by atoms with E-state index in [1.54, 1.807) is 6.21 Å². The van der Waals surface area contributed by atoms with Gasteiger partial charge in [0.05, 0.1) is 5.69 Å². The SMILES string of the molecule is O=C(OCc1ccccc1)[C@H]1Cc2c([nH]c3ccccc23)C=N1. The first-order chi connectivity index (χ1) is 11.3. The highest BCUT2D eigenvalue weighted by Gasteiger charge is 2.25. The average Bonchev–Trinajstić information content (AvgIpc) is 2.98. The minimum atomic E-state index is -0.467. The van der Waals surface area contributed by atoms with Crippen molar-refractivity contribution in [1.29, 1.82) is 0 Å². The Kier molecular flexibility index (Phi) is 3.42. The Morgan fingerprint density at radius 2 is 1.91 bits per heavy atom. The number of nitrogens with one attached hydrogen (secondary N) is 1. The zero-order valence-electron chi connectivity index (χ0n) is 12.5. The van der Waals surface area contributed by atoms with Crippen LogP contribution in [0.3, 0.4) is 0 Å². The highest BCUT2D eigenvalue weighted by molar-refractivity contribution is 5.96. The Bertz CT molecular complexity index is 881. The van der Waals surface area contributed by atoms with Crippen LogP contribution in [0, 0.1) is 0 Å². The number of aromatic amines is 1. The average molecular weight is 304 g/mol. The van der Waals surface area contributed by atoms with E-state index in [1.165, 1.54) is 0 Å². The molecule has 4 nitrogen and oxygen atoms in total. The molecule has 4 heteroatoms. The second kappa shape index (κ2) is 5.72. The Morgan fingerprint density at radius 3 is 2.78 bits per heavy atom. The standard InChI is InChI=1S/C19H16N2O2/c22-19(23-12-13-6-2-1-3-7-13)17-10-15-14-8-4-5-9-16(14)21-18(15)11-20-17/h1-9,11,17,21H,10,12H2/t17-/m1/s1. The van der Waals surface area contributed by atoms with Gasteiger partial charge >= 0.3 is 5.97 Å². The summed E-state index contributed by atoms with van der Waals surface area (Å²) in [4.78, 5) is 20.0. The quantitative estimate of drug-likeness (QED) is 0.755. The second-order valence-electron chi connectivity index (χ2n) is 5.65. The van der Waals surface area contributed by atoms with E-state index < -0.39 is 6.04 Å². The number of esters is 1. The van der Waals surface area contributed by atoms with E-state index in [1.807, 2.05) is 48.5 Å².